The lowest BCUT2D eigenvalue weighted by molar-refractivity contribution is 0.0924. The first-order valence-corrected chi connectivity index (χ1v) is 11.2. The Morgan fingerprint density at radius 2 is 2.06 bits per heavy atom. The van der Waals surface area contributed by atoms with Crippen LogP contribution < -0.4 is 5.32 Å². The van der Waals surface area contributed by atoms with Crippen molar-refractivity contribution in [2.75, 3.05) is 26.2 Å². The SMILES string of the molecule is CCCN1CCC[C@@H](c2cccc(-c3nccc(-c4cc5n(n4)CCNC5=O)n3)c2)C1.Cl. The van der Waals surface area contributed by atoms with E-state index in [4.69, 9.17) is 4.98 Å². The van der Waals surface area contributed by atoms with Gasteiger partial charge in [-0.15, -0.1) is 12.4 Å². The summed E-state index contributed by atoms with van der Waals surface area (Å²) in [5.41, 5.74) is 4.40. The van der Waals surface area contributed by atoms with E-state index in [0.717, 1.165) is 17.8 Å². The molecule has 0 aliphatic carbocycles. The van der Waals surface area contributed by atoms with Crippen LogP contribution in [-0.2, 0) is 6.54 Å². The first-order chi connectivity index (χ1) is 15.2. The maximum absolute atomic E-state index is 12.1. The van der Waals surface area contributed by atoms with Crippen LogP contribution in [0.3, 0.4) is 0 Å². The zero-order chi connectivity index (χ0) is 21.2. The number of hydrogen-bond donors (Lipinski definition) is 1. The van der Waals surface area contributed by atoms with Crippen LogP contribution in [0.15, 0.2) is 42.6 Å². The van der Waals surface area contributed by atoms with E-state index < -0.39 is 0 Å². The second-order valence-electron chi connectivity index (χ2n) is 8.42. The molecule has 1 aromatic carbocycles. The first-order valence-electron chi connectivity index (χ1n) is 11.2. The van der Waals surface area contributed by atoms with Crippen molar-refractivity contribution >= 4 is 18.3 Å². The number of hydrogen-bond acceptors (Lipinski definition) is 5. The molecule has 1 amide bonds. The predicted molar refractivity (Wildman–Crippen MR) is 127 cm³/mol. The molecular weight excluding hydrogens is 424 g/mol. The average Bonchev–Trinajstić information content (AvgIpc) is 3.26. The molecule has 8 heteroatoms. The van der Waals surface area contributed by atoms with E-state index in [1.54, 1.807) is 16.9 Å². The second kappa shape index (κ2) is 9.79. The van der Waals surface area contributed by atoms with Crippen molar-refractivity contribution in [3.05, 3.63) is 53.9 Å². The molecule has 0 bridgehead atoms. The minimum absolute atomic E-state index is 0. The highest BCUT2D eigenvalue weighted by atomic mass is 35.5. The molecule has 0 unspecified atom stereocenters. The third-order valence-corrected chi connectivity index (χ3v) is 6.20. The van der Waals surface area contributed by atoms with E-state index >= 15 is 0 Å². The highest BCUT2D eigenvalue weighted by Crippen LogP contribution is 2.30. The van der Waals surface area contributed by atoms with Gasteiger partial charge in [0, 0.05) is 24.8 Å². The molecule has 1 saturated heterocycles. The molecule has 7 nitrogen and oxygen atoms in total. The zero-order valence-corrected chi connectivity index (χ0v) is 19.1. The van der Waals surface area contributed by atoms with Crippen molar-refractivity contribution in [3.63, 3.8) is 0 Å². The summed E-state index contributed by atoms with van der Waals surface area (Å²) in [4.78, 5) is 24.0. The number of halogens is 1. The summed E-state index contributed by atoms with van der Waals surface area (Å²) in [7, 11) is 0. The Balaban J connectivity index is 0.00000245. The fourth-order valence-corrected chi connectivity index (χ4v) is 4.68. The van der Waals surface area contributed by atoms with Crippen LogP contribution in [0.2, 0.25) is 0 Å². The van der Waals surface area contributed by atoms with Crippen LogP contribution in [0.25, 0.3) is 22.8 Å². The molecule has 2 aliphatic rings. The van der Waals surface area contributed by atoms with Crippen molar-refractivity contribution < 1.29 is 4.79 Å². The number of benzene rings is 1. The van der Waals surface area contributed by atoms with Gasteiger partial charge in [-0.25, -0.2) is 9.97 Å². The summed E-state index contributed by atoms with van der Waals surface area (Å²) in [6.07, 6.45) is 5.45. The van der Waals surface area contributed by atoms with E-state index in [9.17, 15) is 4.79 Å². The summed E-state index contributed by atoms with van der Waals surface area (Å²) in [6.45, 7) is 7.04. The van der Waals surface area contributed by atoms with Crippen LogP contribution >= 0.6 is 12.4 Å². The van der Waals surface area contributed by atoms with Crippen molar-refractivity contribution in [2.45, 2.75) is 38.6 Å². The minimum Gasteiger partial charge on any atom is -0.349 e. The molecule has 2 aliphatic heterocycles. The topological polar surface area (TPSA) is 75.9 Å². The van der Waals surface area contributed by atoms with Crippen LogP contribution in [-0.4, -0.2) is 56.7 Å². The predicted octanol–water partition coefficient (Wildman–Crippen LogP) is 3.76. The van der Waals surface area contributed by atoms with E-state index in [1.165, 1.54) is 37.9 Å². The number of piperidine rings is 1. The second-order valence-corrected chi connectivity index (χ2v) is 8.42. The molecule has 5 rings (SSSR count). The molecule has 1 fully saturated rings. The largest absolute Gasteiger partial charge is 0.349 e. The van der Waals surface area contributed by atoms with Crippen molar-refractivity contribution in [1.82, 2.24) is 30.0 Å². The quantitative estimate of drug-likeness (QED) is 0.637. The lowest BCUT2D eigenvalue weighted by Gasteiger charge is -2.32. The van der Waals surface area contributed by atoms with Gasteiger partial charge in [0.25, 0.3) is 5.91 Å². The first kappa shape index (κ1) is 22.4. The van der Waals surface area contributed by atoms with Gasteiger partial charge in [0.15, 0.2) is 5.82 Å². The summed E-state index contributed by atoms with van der Waals surface area (Å²) in [5, 5.41) is 7.44. The van der Waals surface area contributed by atoms with Gasteiger partial charge >= 0.3 is 0 Å². The monoisotopic (exact) mass is 452 g/mol. The molecule has 0 radical (unpaired) electrons. The lowest BCUT2D eigenvalue weighted by Crippen LogP contribution is -2.35. The van der Waals surface area contributed by atoms with E-state index in [2.05, 4.69) is 51.5 Å². The Labute approximate surface area is 194 Å². The van der Waals surface area contributed by atoms with E-state index in [-0.39, 0.29) is 18.3 Å². The molecule has 2 aromatic heterocycles. The van der Waals surface area contributed by atoms with E-state index in [0.29, 0.717) is 36.2 Å². The summed E-state index contributed by atoms with van der Waals surface area (Å²) >= 11 is 0. The number of nitrogens with zero attached hydrogens (tertiary/aromatic N) is 5. The number of aromatic nitrogens is 4. The van der Waals surface area contributed by atoms with Gasteiger partial charge in [-0.3, -0.25) is 9.48 Å². The minimum atomic E-state index is -0.0865. The van der Waals surface area contributed by atoms with Crippen LogP contribution in [0.4, 0.5) is 0 Å². The van der Waals surface area contributed by atoms with Crippen molar-refractivity contribution in [1.29, 1.82) is 0 Å². The van der Waals surface area contributed by atoms with Crippen molar-refractivity contribution in [3.8, 4) is 22.8 Å². The molecule has 32 heavy (non-hydrogen) atoms. The van der Waals surface area contributed by atoms with Crippen LogP contribution in [0.5, 0.6) is 0 Å². The van der Waals surface area contributed by atoms with Gasteiger partial charge in [-0.2, -0.15) is 5.10 Å². The number of fused-ring (bicyclic) bond motifs is 1. The van der Waals surface area contributed by atoms with Gasteiger partial charge in [-0.1, -0.05) is 25.1 Å². The number of amides is 1. The fourth-order valence-electron chi connectivity index (χ4n) is 4.68. The molecule has 4 heterocycles. The Bertz CT molecular complexity index is 1100. The standard InChI is InChI=1S/C24H28N6O.ClH/c1-2-11-29-12-4-7-19(16-29)17-5-3-6-18(14-17)23-25-9-8-20(27-23)21-15-22-24(31)26-10-13-30(22)28-21;/h3,5-6,8-9,14-15,19H,2,4,7,10-13,16H2,1H3,(H,26,31);1H/t19-;/m1./s1. The van der Waals surface area contributed by atoms with Gasteiger partial charge in [-0.05, 0) is 62.0 Å². The smallest absolute Gasteiger partial charge is 0.269 e. The fraction of sp³-hybridized carbons (Fsp3) is 0.417. The molecule has 1 atom stereocenters. The molecular formula is C24H29ClN6O. The lowest BCUT2D eigenvalue weighted by atomic mass is 9.89. The van der Waals surface area contributed by atoms with Gasteiger partial charge < -0.3 is 10.2 Å². The highest BCUT2D eigenvalue weighted by Gasteiger charge is 2.22. The summed E-state index contributed by atoms with van der Waals surface area (Å²) < 4.78 is 1.75. The summed E-state index contributed by atoms with van der Waals surface area (Å²) in [5.74, 6) is 1.16. The average molecular weight is 453 g/mol. The molecule has 168 valence electrons. The maximum atomic E-state index is 12.1. The van der Waals surface area contributed by atoms with Gasteiger partial charge in [0.1, 0.15) is 11.4 Å². The Morgan fingerprint density at radius 3 is 2.91 bits per heavy atom. The molecule has 0 saturated carbocycles. The Hall–Kier alpha value is -2.77. The van der Waals surface area contributed by atoms with Crippen molar-refractivity contribution in [2.24, 2.45) is 0 Å². The number of carbonyl (C=O) groups excluding carboxylic acids is 1. The number of rotatable bonds is 5. The highest BCUT2D eigenvalue weighted by molar-refractivity contribution is 5.94. The Morgan fingerprint density at radius 1 is 1.16 bits per heavy atom. The number of nitrogens with one attached hydrogen (secondary N) is 1. The van der Waals surface area contributed by atoms with Crippen LogP contribution in [0, 0.1) is 0 Å². The number of carbonyl (C=O) groups is 1. The maximum Gasteiger partial charge on any atom is 0.269 e. The normalized spacial score (nSPS) is 18.5. The van der Waals surface area contributed by atoms with Gasteiger partial charge in [0.2, 0.25) is 0 Å². The van der Waals surface area contributed by atoms with Crippen LogP contribution in [0.1, 0.15) is 48.2 Å². The van der Waals surface area contributed by atoms with Gasteiger partial charge in [0.05, 0.1) is 12.2 Å². The molecule has 0 spiro atoms. The molecule has 1 N–H and O–H groups in total. The van der Waals surface area contributed by atoms with E-state index in [1.807, 2.05) is 6.07 Å². The zero-order valence-electron chi connectivity index (χ0n) is 18.3. The Kier molecular flexibility index (Phi) is 6.86. The number of likely N-dealkylation sites (tertiary alicyclic amines) is 1. The third kappa shape index (κ3) is 4.54. The molecule has 3 aromatic rings. The summed E-state index contributed by atoms with van der Waals surface area (Å²) in [6, 6.07) is 12.3. The third-order valence-electron chi connectivity index (χ3n) is 6.20.